The SMILES string of the molecule is CC(C)(C)CNC(=O)Cc1ccc(OC(C)(C)C)cc1. The van der Waals surface area contributed by atoms with Crippen molar-refractivity contribution in [2.24, 2.45) is 5.41 Å². The largest absolute Gasteiger partial charge is 0.488 e. The average molecular weight is 277 g/mol. The van der Waals surface area contributed by atoms with Gasteiger partial charge in [-0.15, -0.1) is 0 Å². The van der Waals surface area contributed by atoms with Gasteiger partial charge in [-0.1, -0.05) is 32.9 Å². The van der Waals surface area contributed by atoms with Crippen LogP contribution in [0.25, 0.3) is 0 Å². The minimum absolute atomic E-state index is 0.0596. The topological polar surface area (TPSA) is 38.3 Å². The molecule has 1 N–H and O–H groups in total. The van der Waals surface area contributed by atoms with Gasteiger partial charge in [0.1, 0.15) is 11.4 Å². The molecule has 0 aliphatic heterocycles. The summed E-state index contributed by atoms with van der Waals surface area (Å²) in [6, 6.07) is 7.71. The molecular weight excluding hydrogens is 250 g/mol. The molecule has 0 spiro atoms. The van der Waals surface area contributed by atoms with Crippen LogP contribution in [0.5, 0.6) is 5.75 Å². The van der Waals surface area contributed by atoms with Crippen LogP contribution < -0.4 is 10.1 Å². The van der Waals surface area contributed by atoms with E-state index in [-0.39, 0.29) is 16.9 Å². The molecule has 1 aromatic rings. The third-order valence-electron chi connectivity index (χ3n) is 2.53. The van der Waals surface area contributed by atoms with Crippen molar-refractivity contribution < 1.29 is 9.53 Å². The summed E-state index contributed by atoms with van der Waals surface area (Å²) in [7, 11) is 0. The van der Waals surface area contributed by atoms with Crippen LogP contribution in [0, 0.1) is 5.41 Å². The van der Waals surface area contributed by atoms with Gasteiger partial charge in [-0.05, 0) is 43.9 Å². The van der Waals surface area contributed by atoms with Gasteiger partial charge in [0.2, 0.25) is 5.91 Å². The molecule has 1 amide bonds. The van der Waals surface area contributed by atoms with Gasteiger partial charge in [0.15, 0.2) is 0 Å². The molecule has 0 heterocycles. The van der Waals surface area contributed by atoms with E-state index in [4.69, 9.17) is 4.74 Å². The van der Waals surface area contributed by atoms with Gasteiger partial charge in [0, 0.05) is 6.54 Å². The number of carbonyl (C=O) groups is 1. The molecule has 0 radical (unpaired) electrons. The van der Waals surface area contributed by atoms with Gasteiger partial charge in [-0.2, -0.15) is 0 Å². The van der Waals surface area contributed by atoms with Gasteiger partial charge < -0.3 is 10.1 Å². The van der Waals surface area contributed by atoms with Crippen molar-refractivity contribution in [3.05, 3.63) is 29.8 Å². The summed E-state index contributed by atoms with van der Waals surface area (Å²) in [6.45, 7) is 13.0. The minimum atomic E-state index is -0.203. The van der Waals surface area contributed by atoms with E-state index in [0.29, 0.717) is 13.0 Å². The highest BCUT2D eigenvalue weighted by atomic mass is 16.5. The van der Waals surface area contributed by atoms with Crippen molar-refractivity contribution in [3.8, 4) is 5.75 Å². The normalized spacial score (nSPS) is 12.1. The summed E-state index contributed by atoms with van der Waals surface area (Å²) >= 11 is 0. The van der Waals surface area contributed by atoms with E-state index in [2.05, 4.69) is 26.1 Å². The summed E-state index contributed by atoms with van der Waals surface area (Å²) < 4.78 is 5.75. The lowest BCUT2D eigenvalue weighted by atomic mass is 9.97. The number of benzene rings is 1. The Balaban J connectivity index is 2.51. The Morgan fingerprint density at radius 3 is 2.05 bits per heavy atom. The van der Waals surface area contributed by atoms with Gasteiger partial charge in [-0.3, -0.25) is 4.79 Å². The molecule has 1 rings (SSSR count). The fraction of sp³-hybridized carbons (Fsp3) is 0.588. The van der Waals surface area contributed by atoms with Gasteiger partial charge in [0.05, 0.1) is 6.42 Å². The highest BCUT2D eigenvalue weighted by Crippen LogP contribution is 2.18. The average Bonchev–Trinajstić information content (AvgIpc) is 2.26. The quantitative estimate of drug-likeness (QED) is 0.913. The van der Waals surface area contributed by atoms with E-state index in [9.17, 15) is 4.79 Å². The molecule has 0 aromatic heterocycles. The highest BCUT2D eigenvalue weighted by molar-refractivity contribution is 5.78. The van der Waals surface area contributed by atoms with Gasteiger partial charge >= 0.3 is 0 Å². The Morgan fingerprint density at radius 1 is 1.05 bits per heavy atom. The summed E-state index contributed by atoms with van der Waals surface area (Å²) in [5.41, 5.74) is 0.906. The maximum atomic E-state index is 11.8. The zero-order valence-electron chi connectivity index (χ0n) is 13.5. The molecule has 0 saturated carbocycles. The summed E-state index contributed by atoms with van der Waals surface area (Å²) in [5.74, 6) is 0.890. The molecular formula is C17H27NO2. The molecule has 0 saturated heterocycles. The lowest BCUT2D eigenvalue weighted by Gasteiger charge is -2.21. The molecule has 112 valence electrons. The van der Waals surface area contributed by atoms with Crippen LogP contribution in [0.1, 0.15) is 47.1 Å². The van der Waals surface area contributed by atoms with Crippen molar-refractivity contribution in [3.63, 3.8) is 0 Å². The highest BCUT2D eigenvalue weighted by Gasteiger charge is 2.13. The Bertz CT molecular complexity index is 436. The zero-order valence-corrected chi connectivity index (χ0v) is 13.5. The molecule has 3 heteroatoms. The first-order chi connectivity index (χ1) is 9.05. The second kappa shape index (κ2) is 6.29. The van der Waals surface area contributed by atoms with Gasteiger partial charge in [-0.25, -0.2) is 0 Å². The molecule has 0 unspecified atom stereocenters. The van der Waals surface area contributed by atoms with Crippen molar-refractivity contribution in [1.29, 1.82) is 0 Å². The second-order valence-corrected chi connectivity index (χ2v) is 7.37. The van der Waals surface area contributed by atoms with E-state index in [1.54, 1.807) is 0 Å². The van der Waals surface area contributed by atoms with Crippen molar-refractivity contribution >= 4 is 5.91 Å². The molecule has 0 aliphatic rings. The third kappa shape index (κ3) is 7.17. The zero-order chi connectivity index (χ0) is 15.4. The van der Waals surface area contributed by atoms with Crippen LogP contribution in [-0.4, -0.2) is 18.1 Å². The fourth-order valence-corrected chi connectivity index (χ4v) is 1.64. The first-order valence-electron chi connectivity index (χ1n) is 7.10. The van der Waals surface area contributed by atoms with Crippen LogP contribution in [0.4, 0.5) is 0 Å². The van der Waals surface area contributed by atoms with Crippen molar-refractivity contribution in [2.75, 3.05) is 6.54 Å². The standard InChI is InChI=1S/C17H27NO2/c1-16(2,3)12-18-15(19)11-13-7-9-14(10-8-13)20-17(4,5)6/h7-10H,11-12H2,1-6H3,(H,18,19). The number of hydrogen-bond donors (Lipinski definition) is 1. The van der Waals surface area contributed by atoms with Crippen LogP contribution in [0.2, 0.25) is 0 Å². The van der Waals surface area contributed by atoms with E-state index in [0.717, 1.165) is 11.3 Å². The van der Waals surface area contributed by atoms with E-state index in [1.807, 2.05) is 45.0 Å². The van der Waals surface area contributed by atoms with Crippen molar-refractivity contribution in [2.45, 2.75) is 53.6 Å². The molecule has 3 nitrogen and oxygen atoms in total. The van der Waals surface area contributed by atoms with E-state index >= 15 is 0 Å². The number of carbonyl (C=O) groups excluding carboxylic acids is 1. The third-order valence-corrected chi connectivity index (χ3v) is 2.53. The first-order valence-corrected chi connectivity index (χ1v) is 7.10. The molecule has 0 fully saturated rings. The summed E-state index contributed by atoms with van der Waals surface area (Å²) in [6.07, 6.45) is 0.409. The lowest BCUT2D eigenvalue weighted by Crippen LogP contribution is -2.33. The molecule has 0 atom stereocenters. The summed E-state index contributed by atoms with van der Waals surface area (Å²) in [5, 5.41) is 2.95. The Kier molecular flexibility index (Phi) is 5.21. The smallest absolute Gasteiger partial charge is 0.224 e. The monoisotopic (exact) mass is 277 g/mol. The van der Waals surface area contributed by atoms with Crippen LogP contribution in [0.3, 0.4) is 0 Å². The maximum absolute atomic E-state index is 11.8. The Labute approximate surface area is 122 Å². The Morgan fingerprint density at radius 2 is 1.60 bits per heavy atom. The molecule has 20 heavy (non-hydrogen) atoms. The number of ether oxygens (including phenoxy) is 1. The van der Waals surface area contributed by atoms with E-state index < -0.39 is 0 Å². The van der Waals surface area contributed by atoms with Gasteiger partial charge in [0.25, 0.3) is 0 Å². The second-order valence-electron chi connectivity index (χ2n) is 7.37. The molecule has 0 aliphatic carbocycles. The van der Waals surface area contributed by atoms with Crippen LogP contribution >= 0.6 is 0 Å². The first kappa shape index (κ1) is 16.5. The van der Waals surface area contributed by atoms with Crippen LogP contribution in [-0.2, 0) is 11.2 Å². The number of rotatable bonds is 4. The number of hydrogen-bond acceptors (Lipinski definition) is 2. The number of amides is 1. The van der Waals surface area contributed by atoms with Crippen LogP contribution in [0.15, 0.2) is 24.3 Å². The minimum Gasteiger partial charge on any atom is -0.488 e. The predicted molar refractivity (Wildman–Crippen MR) is 83.0 cm³/mol. The number of nitrogens with one attached hydrogen (secondary N) is 1. The summed E-state index contributed by atoms with van der Waals surface area (Å²) in [4.78, 5) is 11.8. The molecule has 1 aromatic carbocycles. The lowest BCUT2D eigenvalue weighted by molar-refractivity contribution is -0.120. The Hall–Kier alpha value is -1.51. The maximum Gasteiger partial charge on any atom is 0.224 e. The fourth-order valence-electron chi connectivity index (χ4n) is 1.64. The molecule has 0 bridgehead atoms. The predicted octanol–water partition coefficient (Wildman–Crippen LogP) is 3.57. The van der Waals surface area contributed by atoms with E-state index in [1.165, 1.54) is 0 Å². The van der Waals surface area contributed by atoms with Crippen molar-refractivity contribution in [1.82, 2.24) is 5.32 Å².